The Morgan fingerprint density at radius 3 is 2.79 bits per heavy atom. The molecule has 1 saturated carbocycles. The third-order valence-corrected chi connectivity index (χ3v) is 5.49. The second-order valence-corrected chi connectivity index (χ2v) is 7.36. The molecule has 3 fully saturated rings. The molecule has 6 heteroatoms. The number of nitrogens with one attached hydrogen (secondary N) is 1. The number of aromatic nitrogens is 1. The van der Waals surface area contributed by atoms with Crippen molar-refractivity contribution in [1.29, 1.82) is 0 Å². The van der Waals surface area contributed by atoms with Crippen LogP contribution >= 0.6 is 0 Å². The molecule has 2 aliphatic heterocycles. The van der Waals surface area contributed by atoms with E-state index in [1.54, 1.807) is 12.4 Å². The number of carbonyl (C=O) groups excluding carboxylic acids is 2. The maximum atomic E-state index is 13.0. The van der Waals surface area contributed by atoms with Crippen LogP contribution in [-0.4, -0.2) is 52.4 Å². The van der Waals surface area contributed by atoms with Gasteiger partial charge in [0.25, 0.3) is 0 Å². The fraction of sp³-hybridized carbons (Fsp3) is 0.611. The number of rotatable bonds is 3. The minimum atomic E-state index is -0.369. The number of carbonyl (C=O) groups is 2. The molecule has 1 spiro atoms. The number of hydrogen-bond donors (Lipinski definition) is 1. The molecular weight excluding hydrogens is 304 g/mol. The molecule has 1 aromatic rings. The summed E-state index contributed by atoms with van der Waals surface area (Å²) in [6.45, 7) is 2.74. The van der Waals surface area contributed by atoms with Gasteiger partial charge in [-0.05, 0) is 49.8 Å². The van der Waals surface area contributed by atoms with Crippen LogP contribution < -0.4 is 5.32 Å². The van der Waals surface area contributed by atoms with Crippen LogP contribution in [0.5, 0.6) is 0 Å². The van der Waals surface area contributed by atoms with Gasteiger partial charge < -0.3 is 15.1 Å². The molecule has 1 N–H and O–H groups in total. The number of hydrogen-bond acceptors (Lipinski definition) is 3. The number of amides is 3. The first-order chi connectivity index (χ1) is 11.7. The van der Waals surface area contributed by atoms with Crippen molar-refractivity contribution in [3.63, 3.8) is 0 Å². The topological polar surface area (TPSA) is 65.5 Å². The summed E-state index contributed by atoms with van der Waals surface area (Å²) in [6.07, 6.45) is 8.35. The fourth-order valence-corrected chi connectivity index (χ4v) is 3.93. The second-order valence-electron chi connectivity index (χ2n) is 7.36. The summed E-state index contributed by atoms with van der Waals surface area (Å²) in [5.74, 6) is 0.211. The van der Waals surface area contributed by atoms with Gasteiger partial charge in [0.15, 0.2) is 0 Å². The molecule has 4 rings (SSSR count). The van der Waals surface area contributed by atoms with Crippen LogP contribution in [0.3, 0.4) is 0 Å². The van der Waals surface area contributed by atoms with Crippen molar-refractivity contribution in [3.05, 3.63) is 30.1 Å². The third-order valence-electron chi connectivity index (χ3n) is 5.49. The van der Waals surface area contributed by atoms with Crippen molar-refractivity contribution in [3.8, 4) is 0 Å². The zero-order valence-electron chi connectivity index (χ0n) is 13.9. The van der Waals surface area contributed by atoms with Crippen LogP contribution in [0.4, 0.5) is 4.79 Å². The van der Waals surface area contributed by atoms with E-state index in [-0.39, 0.29) is 17.4 Å². The first kappa shape index (κ1) is 15.4. The Bertz CT molecular complexity index is 631. The van der Waals surface area contributed by atoms with Crippen molar-refractivity contribution < 1.29 is 9.59 Å². The monoisotopic (exact) mass is 328 g/mol. The van der Waals surface area contributed by atoms with Crippen molar-refractivity contribution in [2.45, 2.75) is 44.7 Å². The Kier molecular flexibility index (Phi) is 3.90. The zero-order chi connectivity index (χ0) is 16.6. The van der Waals surface area contributed by atoms with E-state index < -0.39 is 0 Å². The average molecular weight is 328 g/mol. The van der Waals surface area contributed by atoms with E-state index in [1.165, 1.54) is 0 Å². The summed E-state index contributed by atoms with van der Waals surface area (Å²) in [6, 6.07) is 4.28. The first-order valence-electron chi connectivity index (χ1n) is 8.90. The van der Waals surface area contributed by atoms with Crippen LogP contribution in [0.1, 0.15) is 37.7 Å². The highest BCUT2D eigenvalue weighted by molar-refractivity contribution is 5.86. The van der Waals surface area contributed by atoms with Gasteiger partial charge in [-0.1, -0.05) is 0 Å². The molecule has 0 radical (unpaired) electrons. The lowest BCUT2D eigenvalue weighted by Gasteiger charge is -2.39. The summed E-state index contributed by atoms with van der Waals surface area (Å²) in [5, 5.41) is 3.05. The Morgan fingerprint density at radius 1 is 1.25 bits per heavy atom. The largest absolute Gasteiger partial charge is 0.338 e. The maximum Gasteiger partial charge on any atom is 0.317 e. The van der Waals surface area contributed by atoms with Gasteiger partial charge in [0, 0.05) is 44.6 Å². The normalized spacial score (nSPS) is 26.9. The van der Waals surface area contributed by atoms with E-state index in [0.717, 1.165) is 50.8 Å². The quantitative estimate of drug-likeness (QED) is 0.919. The molecule has 1 atom stereocenters. The molecule has 0 aromatic carbocycles. The van der Waals surface area contributed by atoms with Crippen LogP contribution in [0, 0.1) is 5.41 Å². The predicted octanol–water partition coefficient (Wildman–Crippen LogP) is 1.77. The predicted molar refractivity (Wildman–Crippen MR) is 89.1 cm³/mol. The summed E-state index contributed by atoms with van der Waals surface area (Å²) in [7, 11) is 0. The third kappa shape index (κ3) is 2.97. The molecule has 3 amide bonds. The molecule has 3 heterocycles. The Morgan fingerprint density at radius 2 is 2.04 bits per heavy atom. The highest BCUT2D eigenvalue weighted by atomic mass is 16.2. The number of likely N-dealkylation sites (tertiary alicyclic amines) is 2. The first-order valence-corrected chi connectivity index (χ1v) is 8.90. The zero-order valence-corrected chi connectivity index (χ0v) is 13.9. The number of piperidine rings is 1. The Hall–Kier alpha value is -2.11. The molecule has 1 aromatic heterocycles. The molecule has 2 saturated heterocycles. The molecule has 24 heavy (non-hydrogen) atoms. The maximum absolute atomic E-state index is 13.0. The second kappa shape index (κ2) is 6.07. The minimum Gasteiger partial charge on any atom is -0.338 e. The van der Waals surface area contributed by atoms with Crippen LogP contribution in [0.2, 0.25) is 0 Å². The highest BCUT2D eigenvalue weighted by Gasteiger charge is 2.49. The molecule has 6 nitrogen and oxygen atoms in total. The minimum absolute atomic E-state index is 0.0111. The van der Waals surface area contributed by atoms with Gasteiger partial charge in [0.1, 0.15) is 0 Å². The van der Waals surface area contributed by atoms with Gasteiger partial charge in [0.05, 0.1) is 5.41 Å². The van der Waals surface area contributed by atoms with Crippen LogP contribution in [0.15, 0.2) is 24.5 Å². The van der Waals surface area contributed by atoms with Crippen LogP contribution in [0.25, 0.3) is 0 Å². The average Bonchev–Trinajstić information content (AvgIpc) is 3.38. The van der Waals surface area contributed by atoms with Crippen LogP contribution in [-0.2, 0) is 11.3 Å². The van der Waals surface area contributed by atoms with E-state index in [1.807, 2.05) is 21.9 Å². The summed E-state index contributed by atoms with van der Waals surface area (Å²) in [5.41, 5.74) is 0.737. The van der Waals surface area contributed by atoms with E-state index in [2.05, 4.69) is 10.3 Å². The Labute approximate surface area is 142 Å². The van der Waals surface area contributed by atoms with Crippen molar-refractivity contribution in [1.82, 2.24) is 20.1 Å². The number of urea groups is 1. The van der Waals surface area contributed by atoms with Gasteiger partial charge in [0.2, 0.25) is 5.91 Å². The summed E-state index contributed by atoms with van der Waals surface area (Å²) >= 11 is 0. The van der Waals surface area contributed by atoms with Gasteiger partial charge in [-0.3, -0.25) is 9.78 Å². The van der Waals surface area contributed by atoms with Gasteiger partial charge in [-0.15, -0.1) is 0 Å². The lowest BCUT2D eigenvalue weighted by atomic mass is 9.78. The highest BCUT2D eigenvalue weighted by Crippen LogP contribution is 2.40. The van der Waals surface area contributed by atoms with E-state index >= 15 is 0 Å². The summed E-state index contributed by atoms with van der Waals surface area (Å²) < 4.78 is 0. The molecule has 1 unspecified atom stereocenters. The smallest absolute Gasteiger partial charge is 0.317 e. The van der Waals surface area contributed by atoms with E-state index in [4.69, 9.17) is 0 Å². The molecule has 128 valence electrons. The van der Waals surface area contributed by atoms with Crippen molar-refractivity contribution in [2.24, 2.45) is 5.41 Å². The standard InChI is InChI=1S/C18H24N4O2/c23-16-18(7-11-21(16)12-14-4-8-19-9-5-14)6-1-10-22(13-18)17(24)20-15-2-3-15/h4-5,8-9,15H,1-3,6-7,10-13H2,(H,20,24). The van der Waals surface area contributed by atoms with E-state index in [0.29, 0.717) is 19.1 Å². The summed E-state index contributed by atoms with van der Waals surface area (Å²) in [4.78, 5) is 33.2. The fourth-order valence-electron chi connectivity index (χ4n) is 3.93. The number of nitrogens with zero attached hydrogens (tertiary/aromatic N) is 3. The molecular formula is C18H24N4O2. The molecule has 0 bridgehead atoms. The number of pyridine rings is 1. The lowest BCUT2D eigenvalue weighted by molar-refractivity contribution is -0.138. The van der Waals surface area contributed by atoms with E-state index in [9.17, 15) is 9.59 Å². The van der Waals surface area contributed by atoms with Crippen molar-refractivity contribution in [2.75, 3.05) is 19.6 Å². The molecule has 3 aliphatic rings. The van der Waals surface area contributed by atoms with Gasteiger partial charge in [-0.25, -0.2) is 4.79 Å². The van der Waals surface area contributed by atoms with Gasteiger partial charge >= 0.3 is 6.03 Å². The van der Waals surface area contributed by atoms with Crippen molar-refractivity contribution >= 4 is 11.9 Å². The SMILES string of the molecule is O=C(NC1CC1)N1CCCC2(CCN(Cc3ccncc3)C2=O)C1. The Balaban J connectivity index is 1.42. The molecule has 1 aliphatic carbocycles. The lowest BCUT2D eigenvalue weighted by Crippen LogP contribution is -2.52. The van der Waals surface area contributed by atoms with Gasteiger partial charge in [-0.2, -0.15) is 0 Å².